The molecule has 164 valence electrons. The molecule has 0 amide bonds. The van der Waals surface area contributed by atoms with Crippen molar-refractivity contribution in [2.75, 3.05) is 16.8 Å². The molecule has 1 fully saturated rings. The Hall–Kier alpha value is -3.27. The van der Waals surface area contributed by atoms with Crippen molar-refractivity contribution >= 4 is 17.2 Å². The molecule has 0 radical (unpaired) electrons. The van der Waals surface area contributed by atoms with Gasteiger partial charge in [0.1, 0.15) is 17.2 Å². The van der Waals surface area contributed by atoms with E-state index in [4.69, 9.17) is 4.98 Å². The smallest absolute Gasteiger partial charge is 0.139 e. The summed E-state index contributed by atoms with van der Waals surface area (Å²) >= 11 is 0. The van der Waals surface area contributed by atoms with E-state index in [2.05, 4.69) is 96.2 Å². The number of piperidine rings is 1. The van der Waals surface area contributed by atoms with Crippen LogP contribution in [0.3, 0.4) is 0 Å². The molecule has 1 unspecified atom stereocenters. The second-order valence-corrected chi connectivity index (χ2v) is 9.17. The minimum absolute atomic E-state index is 0.611. The first-order valence-electron chi connectivity index (χ1n) is 11.7. The first-order chi connectivity index (χ1) is 15.6. The van der Waals surface area contributed by atoms with E-state index in [0.29, 0.717) is 6.04 Å². The van der Waals surface area contributed by atoms with Crippen molar-refractivity contribution in [3.05, 3.63) is 83.6 Å². The number of rotatable bonds is 5. The predicted octanol–water partition coefficient (Wildman–Crippen LogP) is 6.61. The highest BCUT2D eigenvalue weighted by Gasteiger charge is 2.19. The summed E-state index contributed by atoms with van der Waals surface area (Å²) in [6.45, 7) is 8.56. The van der Waals surface area contributed by atoms with Crippen LogP contribution in [0.2, 0.25) is 0 Å². The molecule has 0 saturated carbocycles. The first-order valence-corrected chi connectivity index (χ1v) is 11.7. The molecule has 0 aliphatic carbocycles. The number of imidazole rings is 1. The van der Waals surface area contributed by atoms with Crippen LogP contribution in [-0.2, 0) is 6.54 Å². The van der Waals surface area contributed by atoms with Crippen molar-refractivity contribution < 1.29 is 0 Å². The summed E-state index contributed by atoms with van der Waals surface area (Å²) in [4.78, 5) is 7.51. The lowest BCUT2D eigenvalue weighted by Crippen LogP contribution is -2.37. The van der Waals surface area contributed by atoms with Crippen LogP contribution < -0.4 is 10.2 Å². The van der Waals surface area contributed by atoms with Gasteiger partial charge in [-0.1, -0.05) is 47.5 Å². The highest BCUT2D eigenvalue weighted by Crippen LogP contribution is 2.32. The molecule has 1 aliphatic rings. The molecular weight excluding hydrogens is 392 g/mol. The molecule has 2 aromatic heterocycles. The third-order valence-corrected chi connectivity index (χ3v) is 6.55. The Labute approximate surface area is 190 Å². The van der Waals surface area contributed by atoms with Crippen LogP contribution >= 0.6 is 0 Å². The van der Waals surface area contributed by atoms with Gasteiger partial charge in [0.2, 0.25) is 0 Å². The lowest BCUT2D eigenvalue weighted by Gasteiger charge is -2.35. The molecule has 1 aliphatic heterocycles. The molecule has 1 saturated heterocycles. The number of hydrogen-bond acceptors (Lipinski definition) is 3. The van der Waals surface area contributed by atoms with Gasteiger partial charge in [0, 0.05) is 36.6 Å². The number of aryl methyl sites for hydroxylation is 2. The fourth-order valence-electron chi connectivity index (χ4n) is 5.02. The molecule has 32 heavy (non-hydrogen) atoms. The average Bonchev–Trinajstić information content (AvgIpc) is 3.16. The molecule has 4 nitrogen and oxygen atoms in total. The molecule has 0 bridgehead atoms. The van der Waals surface area contributed by atoms with E-state index in [1.165, 1.54) is 41.6 Å². The van der Waals surface area contributed by atoms with Crippen LogP contribution in [-0.4, -0.2) is 22.0 Å². The number of hydrogen-bond donors (Lipinski definition) is 1. The Morgan fingerprint density at radius 3 is 2.50 bits per heavy atom. The van der Waals surface area contributed by atoms with E-state index in [-0.39, 0.29) is 0 Å². The van der Waals surface area contributed by atoms with E-state index in [1.54, 1.807) is 0 Å². The molecule has 1 N–H and O–H groups in total. The molecule has 4 heteroatoms. The van der Waals surface area contributed by atoms with Crippen LogP contribution in [0.1, 0.15) is 42.9 Å². The summed E-state index contributed by atoms with van der Waals surface area (Å²) in [6, 6.07) is 22.4. The number of anilines is 2. The highest BCUT2D eigenvalue weighted by molar-refractivity contribution is 5.77. The highest BCUT2D eigenvalue weighted by atomic mass is 15.2. The maximum Gasteiger partial charge on any atom is 0.139 e. The van der Waals surface area contributed by atoms with Crippen LogP contribution in [0.25, 0.3) is 16.9 Å². The lowest BCUT2D eigenvalue weighted by molar-refractivity contribution is 0.485. The summed E-state index contributed by atoms with van der Waals surface area (Å²) in [5.74, 6) is 1.04. The van der Waals surface area contributed by atoms with Gasteiger partial charge in [0.15, 0.2) is 0 Å². The molecule has 3 heterocycles. The third kappa shape index (κ3) is 4.10. The SMILES string of the molecule is Cc1cc(C)cc(CNc2c(-c3ccc(N4CCCCC4C)cc3)nc3ccccn23)c1. The minimum atomic E-state index is 0.611. The fourth-order valence-corrected chi connectivity index (χ4v) is 5.02. The molecule has 5 rings (SSSR count). The van der Waals surface area contributed by atoms with Gasteiger partial charge in [-0.05, 0) is 69.9 Å². The zero-order chi connectivity index (χ0) is 22.1. The van der Waals surface area contributed by atoms with Crippen LogP contribution in [0.4, 0.5) is 11.5 Å². The van der Waals surface area contributed by atoms with Gasteiger partial charge in [0.25, 0.3) is 0 Å². The largest absolute Gasteiger partial charge is 0.369 e. The van der Waals surface area contributed by atoms with Gasteiger partial charge < -0.3 is 10.2 Å². The average molecular weight is 425 g/mol. The number of nitrogens with zero attached hydrogens (tertiary/aromatic N) is 3. The second-order valence-electron chi connectivity index (χ2n) is 9.17. The van der Waals surface area contributed by atoms with Crippen LogP contribution in [0.5, 0.6) is 0 Å². The van der Waals surface area contributed by atoms with Gasteiger partial charge in [-0.3, -0.25) is 4.40 Å². The standard InChI is InChI=1S/C28H32N4/c1-20-16-21(2)18-23(17-20)19-29-28-27(30-26-9-5-7-15-32(26)28)24-10-12-25(13-11-24)31-14-6-4-8-22(31)3/h5,7,9-13,15-18,22,29H,4,6,8,14,19H2,1-3H3. The van der Waals surface area contributed by atoms with Gasteiger partial charge in [-0.15, -0.1) is 0 Å². The summed E-state index contributed by atoms with van der Waals surface area (Å²) in [6.07, 6.45) is 5.98. The molecule has 2 aromatic carbocycles. The molecular formula is C28H32N4. The van der Waals surface area contributed by atoms with Crippen molar-refractivity contribution in [1.29, 1.82) is 0 Å². The number of aromatic nitrogens is 2. The van der Waals surface area contributed by atoms with E-state index in [0.717, 1.165) is 35.8 Å². The van der Waals surface area contributed by atoms with Gasteiger partial charge >= 0.3 is 0 Å². The Balaban J connectivity index is 1.47. The zero-order valence-electron chi connectivity index (χ0n) is 19.3. The summed E-state index contributed by atoms with van der Waals surface area (Å²) in [5, 5.41) is 3.68. The maximum atomic E-state index is 4.97. The van der Waals surface area contributed by atoms with E-state index >= 15 is 0 Å². The van der Waals surface area contributed by atoms with E-state index in [9.17, 15) is 0 Å². The minimum Gasteiger partial charge on any atom is -0.369 e. The number of benzene rings is 2. The van der Waals surface area contributed by atoms with Crippen LogP contribution in [0.15, 0.2) is 66.9 Å². The van der Waals surface area contributed by atoms with Crippen molar-refractivity contribution in [3.63, 3.8) is 0 Å². The Bertz CT molecular complexity index is 1200. The van der Waals surface area contributed by atoms with Crippen molar-refractivity contribution in [2.45, 2.75) is 52.6 Å². The zero-order valence-corrected chi connectivity index (χ0v) is 19.3. The predicted molar refractivity (Wildman–Crippen MR) is 135 cm³/mol. The number of fused-ring (bicyclic) bond motifs is 1. The monoisotopic (exact) mass is 424 g/mol. The summed E-state index contributed by atoms with van der Waals surface area (Å²) < 4.78 is 2.15. The topological polar surface area (TPSA) is 32.6 Å². The lowest BCUT2D eigenvalue weighted by atomic mass is 10.0. The van der Waals surface area contributed by atoms with Gasteiger partial charge in [-0.2, -0.15) is 0 Å². The molecule has 0 spiro atoms. The first kappa shape index (κ1) is 20.6. The number of nitrogens with one attached hydrogen (secondary N) is 1. The Morgan fingerprint density at radius 1 is 0.969 bits per heavy atom. The Kier molecular flexibility index (Phi) is 5.60. The summed E-state index contributed by atoms with van der Waals surface area (Å²) in [5.41, 5.74) is 8.29. The normalized spacial score (nSPS) is 16.5. The van der Waals surface area contributed by atoms with Gasteiger partial charge in [-0.25, -0.2) is 4.98 Å². The summed E-state index contributed by atoms with van der Waals surface area (Å²) in [7, 11) is 0. The Morgan fingerprint density at radius 2 is 1.75 bits per heavy atom. The van der Waals surface area contributed by atoms with E-state index < -0.39 is 0 Å². The van der Waals surface area contributed by atoms with Crippen molar-refractivity contribution in [2.24, 2.45) is 0 Å². The molecule has 1 atom stereocenters. The second kappa shape index (κ2) is 8.70. The maximum absolute atomic E-state index is 4.97. The number of pyridine rings is 1. The van der Waals surface area contributed by atoms with E-state index in [1.807, 2.05) is 6.07 Å². The van der Waals surface area contributed by atoms with Crippen molar-refractivity contribution in [1.82, 2.24) is 9.38 Å². The third-order valence-electron chi connectivity index (χ3n) is 6.55. The quantitative estimate of drug-likeness (QED) is 0.391. The fraction of sp³-hybridized carbons (Fsp3) is 0.321. The van der Waals surface area contributed by atoms with Gasteiger partial charge in [0.05, 0.1) is 0 Å². The van der Waals surface area contributed by atoms with Crippen LogP contribution in [0, 0.1) is 13.8 Å². The van der Waals surface area contributed by atoms with Crippen molar-refractivity contribution in [3.8, 4) is 11.3 Å². The molecule has 4 aromatic rings.